The van der Waals surface area contributed by atoms with E-state index >= 15 is 0 Å². The van der Waals surface area contributed by atoms with Crippen LogP contribution in [0.15, 0.2) is 48.2 Å². The Bertz CT molecular complexity index is 1090. The third kappa shape index (κ3) is 3.69. The average molecular weight is 440 g/mol. The summed E-state index contributed by atoms with van der Waals surface area (Å²) in [6.45, 7) is 7.71. The monoisotopic (exact) mass is 440 g/mol. The molecule has 5 rings (SSSR count). The smallest absolute Gasteiger partial charge is 0.342 e. The van der Waals surface area contributed by atoms with Crippen LogP contribution in [0.1, 0.15) is 33.3 Å². The second-order valence-electron chi connectivity index (χ2n) is 9.26. The SMILES string of the molecule is COC(=O)/C(=C1\O[C@@H]2COC(C)(C)O[C@H]2[C@@H]2OC(C)(C)O[C@H]12)c1ccc2ccccc2c1. The maximum absolute atomic E-state index is 13.0. The first-order valence-corrected chi connectivity index (χ1v) is 10.8. The van der Waals surface area contributed by atoms with Crippen molar-refractivity contribution in [3.05, 3.63) is 53.8 Å². The first kappa shape index (κ1) is 21.4. The van der Waals surface area contributed by atoms with Gasteiger partial charge in [-0.3, -0.25) is 0 Å². The average Bonchev–Trinajstić information content (AvgIpc) is 3.09. The lowest BCUT2D eigenvalue weighted by Gasteiger charge is -2.47. The molecule has 170 valence electrons. The molecule has 7 nitrogen and oxygen atoms in total. The largest absolute Gasteiger partial charge is 0.486 e. The van der Waals surface area contributed by atoms with Crippen LogP contribution in [0, 0.1) is 0 Å². The zero-order valence-corrected chi connectivity index (χ0v) is 18.9. The number of hydrogen-bond acceptors (Lipinski definition) is 7. The summed E-state index contributed by atoms with van der Waals surface area (Å²) in [5.74, 6) is -1.75. The number of esters is 1. The van der Waals surface area contributed by atoms with Gasteiger partial charge in [0, 0.05) is 0 Å². The van der Waals surface area contributed by atoms with E-state index in [0.29, 0.717) is 23.5 Å². The van der Waals surface area contributed by atoms with E-state index in [1.807, 2.05) is 70.2 Å². The van der Waals surface area contributed by atoms with Crippen LogP contribution in [0.5, 0.6) is 0 Å². The van der Waals surface area contributed by atoms with Crippen LogP contribution in [0.2, 0.25) is 0 Å². The summed E-state index contributed by atoms with van der Waals surface area (Å²) in [6, 6.07) is 13.8. The van der Waals surface area contributed by atoms with E-state index < -0.39 is 42.0 Å². The van der Waals surface area contributed by atoms with Gasteiger partial charge in [0.1, 0.15) is 29.6 Å². The van der Waals surface area contributed by atoms with Crippen molar-refractivity contribution >= 4 is 22.3 Å². The summed E-state index contributed by atoms with van der Waals surface area (Å²) in [5.41, 5.74) is 1.01. The van der Waals surface area contributed by atoms with Gasteiger partial charge in [-0.15, -0.1) is 0 Å². The maximum atomic E-state index is 13.0. The second kappa shape index (κ2) is 7.56. The molecule has 0 aromatic heterocycles. The Morgan fingerprint density at radius 1 is 0.938 bits per heavy atom. The van der Waals surface area contributed by atoms with Gasteiger partial charge in [0.05, 0.1) is 13.7 Å². The zero-order valence-electron chi connectivity index (χ0n) is 18.9. The first-order valence-electron chi connectivity index (χ1n) is 10.8. The van der Waals surface area contributed by atoms with Crippen molar-refractivity contribution in [2.75, 3.05) is 13.7 Å². The van der Waals surface area contributed by atoms with Crippen molar-refractivity contribution in [1.29, 1.82) is 0 Å². The Balaban J connectivity index is 1.65. The quantitative estimate of drug-likeness (QED) is 0.520. The Hall–Kier alpha value is -2.45. The second-order valence-corrected chi connectivity index (χ2v) is 9.26. The third-order valence-electron chi connectivity index (χ3n) is 6.05. The van der Waals surface area contributed by atoms with Crippen LogP contribution < -0.4 is 0 Å². The van der Waals surface area contributed by atoms with Gasteiger partial charge in [-0.25, -0.2) is 4.79 Å². The highest BCUT2D eigenvalue weighted by atomic mass is 16.8. The van der Waals surface area contributed by atoms with Crippen LogP contribution in [-0.4, -0.2) is 55.7 Å². The van der Waals surface area contributed by atoms with Crippen LogP contribution in [0.3, 0.4) is 0 Å². The minimum Gasteiger partial charge on any atom is -0.486 e. The fraction of sp³-hybridized carbons (Fsp3) is 0.480. The molecule has 2 aromatic rings. The Morgan fingerprint density at radius 3 is 2.41 bits per heavy atom. The molecule has 0 bridgehead atoms. The molecule has 0 N–H and O–H groups in total. The Kier molecular flexibility index (Phi) is 5.05. The van der Waals surface area contributed by atoms with Gasteiger partial charge < -0.3 is 28.4 Å². The zero-order chi connectivity index (χ0) is 22.7. The molecule has 0 unspecified atom stereocenters. The van der Waals surface area contributed by atoms with Gasteiger partial charge in [0.15, 0.2) is 17.7 Å². The van der Waals surface area contributed by atoms with Crippen molar-refractivity contribution in [2.24, 2.45) is 0 Å². The number of ether oxygens (including phenoxy) is 6. The number of rotatable bonds is 2. The number of methoxy groups -OCH3 is 1. The third-order valence-corrected chi connectivity index (χ3v) is 6.05. The minimum absolute atomic E-state index is 0.306. The number of carbonyl (C=O) groups excluding carboxylic acids is 1. The van der Waals surface area contributed by atoms with Gasteiger partial charge in [-0.05, 0) is 50.1 Å². The number of benzene rings is 2. The molecule has 3 saturated heterocycles. The van der Waals surface area contributed by atoms with Gasteiger partial charge in [0.2, 0.25) is 0 Å². The molecule has 4 atom stereocenters. The molecule has 3 heterocycles. The molecule has 3 fully saturated rings. The molecule has 0 spiro atoms. The summed E-state index contributed by atoms with van der Waals surface area (Å²) in [7, 11) is 1.36. The lowest BCUT2D eigenvalue weighted by molar-refractivity contribution is -0.331. The van der Waals surface area contributed by atoms with Crippen molar-refractivity contribution in [3.63, 3.8) is 0 Å². The molecule has 2 aromatic carbocycles. The fourth-order valence-electron chi connectivity index (χ4n) is 4.67. The highest BCUT2D eigenvalue weighted by Crippen LogP contribution is 2.45. The molecule has 3 aliphatic heterocycles. The molecule has 0 radical (unpaired) electrons. The minimum atomic E-state index is -0.866. The highest BCUT2D eigenvalue weighted by molar-refractivity contribution is 6.18. The summed E-state index contributed by atoms with van der Waals surface area (Å²) >= 11 is 0. The van der Waals surface area contributed by atoms with E-state index in [1.54, 1.807) is 0 Å². The van der Waals surface area contributed by atoms with Gasteiger partial charge in [-0.1, -0.05) is 36.4 Å². The number of fused-ring (bicyclic) bond motifs is 4. The normalized spacial score (nSPS) is 31.9. The summed E-state index contributed by atoms with van der Waals surface area (Å²) in [5, 5.41) is 2.08. The van der Waals surface area contributed by atoms with Crippen LogP contribution in [0.4, 0.5) is 0 Å². The molecule has 32 heavy (non-hydrogen) atoms. The molecule has 0 amide bonds. The summed E-state index contributed by atoms with van der Waals surface area (Å²) in [6.07, 6.45) is -1.93. The van der Waals surface area contributed by atoms with Gasteiger partial charge in [0.25, 0.3) is 0 Å². The van der Waals surface area contributed by atoms with E-state index in [4.69, 9.17) is 28.4 Å². The topological polar surface area (TPSA) is 72.5 Å². The van der Waals surface area contributed by atoms with Crippen molar-refractivity contribution in [1.82, 2.24) is 0 Å². The number of hydrogen-bond donors (Lipinski definition) is 0. The van der Waals surface area contributed by atoms with Crippen molar-refractivity contribution in [3.8, 4) is 0 Å². The van der Waals surface area contributed by atoms with E-state index in [-0.39, 0.29) is 0 Å². The van der Waals surface area contributed by atoms with Crippen LogP contribution >= 0.6 is 0 Å². The molecule has 3 aliphatic rings. The predicted octanol–water partition coefficient (Wildman–Crippen LogP) is 3.79. The predicted molar refractivity (Wildman–Crippen MR) is 116 cm³/mol. The van der Waals surface area contributed by atoms with E-state index in [2.05, 4.69) is 0 Å². The van der Waals surface area contributed by atoms with Crippen LogP contribution in [-0.2, 0) is 33.2 Å². The summed E-state index contributed by atoms with van der Waals surface area (Å²) in [4.78, 5) is 13.0. The Labute approximate surface area is 187 Å². The molecule has 0 saturated carbocycles. The van der Waals surface area contributed by atoms with E-state index in [0.717, 1.165) is 10.8 Å². The highest BCUT2D eigenvalue weighted by Gasteiger charge is 2.58. The lowest BCUT2D eigenvalue weighted by Crippen LogP contribution is -2.60. The number of carbonyl (C=O) groups is 1. The molecule has 0 aliphatic carbocycles. The first-order chi connectivity index (χ1) is 15.2. The van der Waals surface area contributed by atoms with E-state index in [9.17, 15) is 4.79 Å². The van der Waals surface area contributed by atoms with Crippen molar-refractivity contribution in [2.45, 2.75) is 63.7 Å². The molecule has 7 heteroatoms. The van der Waals surface area contributed by atoms with Gasteiger partial charge >= 0.3 is 5.97 Å². The lowest BCUT2D eigenvalue weighted by atomic mass is 9.91. The summed E-state index contributed by atoms with van der Waals surface area (Å²) < 4.78 is 36.0. The standard InChI is InChI=1S/C25H28O7/c1-24(2)28-13-17-19(30-24)21-22(32-25(3,4)31-21)20(29-17)18(23(26)27-5)16-11-10-14-8-6-7-9-15(14)12-16/h6-12,17,19,21-22H,13H2,1-5H3/b20-18-/t17-,19-,21+,22-/m1/s1. The van der Waals surface area contributed by atoms with Gasteiger partial charge in [-0.2, -0.15) is 0 Å². The Morgan fingerprint density at radius 2 is 1.66 bits per heavy atom. The van der Waals surface area contributed by atoms with Crippen LogP contribution in [0.25, 0.3) is 16.3 Å². The van der Waals surface area contributed by atoms with Crippen molar-refractivity contribution < 1.29 is 33.2 Å². The maximum Gasteiger partial charge on any atom is 0.342 e. The fourth-order valence-corrected chi connectivity index (χ4v) is 4.67. The van der Waals surface area contributed by atoms with E-state index in [1.165, 1.54) is 7.11 Å². The molecular weight excluding hydrogens is 412 g/mol. The molecular formula is C25H28O7.